The Morgan fingerprint density at radius 1 is 1.59 bits per heavy atom. The molecule has 0 aromatic carbocycles. The summed E-state index contributed by atoms with van der Waals surface area (Å²) in [6.45, 7) is 6.15. The van der Waals surface area contributed by atoms with Gasteiger partial charge in [0.15, 0.2) is 0 Å². The Morgan fingerprint density at radius 2 is 2.35 bits per heavy atom. The Bertz CT molecular complexity index is 340. The summed E-state index contributed by atoms with van der Waals surface area (Å²) >= 11 is 3.28. The average Bonchev–Trinajstić information content (AvgIpc) is 2.74. The first kappa shape index (κ1) is 13.3. The van der Waals surface area contributed by atoms with E-state index >= 15 is 0 Å². The van der Waals surface area contributed by atoms with Crippen LogP contribution in [0.2, 0.25) is 0 Å². The van der Waals surface area contributed by atoms with Gasteiger partial charge in [-0.05, 0) is 6.92 Å². The molecule has 1 aliphatic rings. The summed E-state index contributed by atoms with van der Waals surface area (Å²) < 4.78 is 6.32. The standard InChI is InChI=1S/C11H18N2O2S2/c1-9-7-16-11(12-9)17-8-10(14)6-13-2-4-15-5-3-13/h7,10,14H,2-6,8H2,1H3. The van der Waals surface area contributed by atoms with Crippen LogP contribution in [0.25, 0.3) is 0 Å². The topological polar surface area (TPSA) is 45.6 Å². The number of nitrogens with zero attached hydrogens (tertiary/aromatic N) is 2. The molecule has 4 nitrogen and oxygen atoms in total. The molecule has 1 saturated heterocycles. The maximum atomic E-state index is 9.94. The first-order valence-electron chi connectivity index (χ1n) is 5.77. The Balaban J connectivity index is 1.68. The van der Waals surface area contributed by atoms with E-state index < -0.39 is 0 Å². The van der Waals surface area contributed by atoms with Crippen molar-refractivity contribution in [3.63, 3.8) is 0 Å². The van der Waals surface area contributed by atoms with E-state index in [1.807, 2.05) is 12.3 Å². The molecule has 1 aromatic rings. The van der Waals surface area contributed by atoms with E-state index in [0.717, 1.165) is 42.9 Å². The number of hydrogen-bond donors (Lipinski definition) is 1. The number of aromatic nitrogens is 1. The zero-order chi connectivity index (χ0) is 12.1. The first-order valence-corrected chi connectivity index (χ1v) is 7.63. The molecule has 1 unspecified atom stereocenters. The SMILES string of the molecule is Cc1csc(SCC(O)CN2CCOCC2)n1. The molecule has 0 radical (unpaired) electrons. The molecule has 6 heteroatoms. The summed E-state index contributed by atoms with van der Waals surface area (Å²) in [4.78, 5) is 6.62. The highest BCUT2D eigenvalue weighted by atomic mass is 32.2. The Morgan fingerprint density at radius 3 is 3.00 bits per heavy atom. The van der Waals surface area contributed by atoms with Gasteiger partial charge in [-0.25, -0.2) is 4.98 Å². The number of ether oxygens (including phenoxy) is 1. The third-order valence-electron chi connectivity index (χ3n) is 2.57. The molecule has 1 N–H and O–H groups in total. The van der Waals surface area contributed by atoms with Crippen molar-refractivity contribution in [1.29, 1.82) is 0 Å². The third-order valence-corrected chi connectivity index (χ3v) is 4.85. The molecule has 1 atom stereocenters. The molecular formula is C11H18N2O2S2. The lowest BCUT2D eigenvalue weighted by Crippen LogP contribution is -2.41. The van der Waals surface area contributed by atoms with Gasteiger partial charge in [0, 0.05) is 36.5 Å². The van der Waals surface area contributed by atoms with Gasteiger partial charge in [0.2, 0.25) is 0 Å². The molecular weight excluding hydrogens is 256 g/mol. The van der Waals surface area contributed by atoms with Gasteiger partial charge in [0.25, 0.3) is 0 Å². The summed E-state index contributed by atoms with van der Waals surface area (Å²) in [7, 11) is 0. The molecule has 1 aliphatic heterocycles. The van der Waals surface area contributed by atoms with Gasteiger partial charge in [-0.1, -0.05) is 11.8 Å². The Hall–Kier alpha value is -0.140. The highest BCUT2D eigenvalue weighted by Gasteiger charge is 2.15. The molecule has 96 valence electrons. The van der Waals surface area contributed by atoms with E-state index in [1.165, 1.54) is 0 Å². The largest absolute Gasteiger partial charge is 0.391 e. The minimum atomic E-state index is -0.290. The van der Waals surface area contributed by atoms with Gasteiger partial charge in [-0.3, -0.25) is 4.90 Å². The van der Waals surface area contributed by atoms with Crippen molar-refractivity contribution in [3.05, 3.63) is 11.1 Å². The van der Waals surface area contributed by atoms with E-state index in [4.69, 9.17) is 4.74 Å². The maximum absolute atomic E-state index is 9.94. The summed E-state index contributed by atoms with van der Waals surface area (Å²) in [6, 6.07) is 0. The van der Waals surface area contributed by atoms with Crippen LogP contribution >= 0.6 is 23.1 Å². The fraction of sp³-hybridized carbons (Fsp3) is 0.727. The number of thiazole rings is 1. The van der Waals surface area contributed by atoms with Crippen LogP contribution in [0.1, 0.15) is 5.69 Å². The highest BCUT2D eigenvalue weighted by Crippen LogP contribution is 2.23. The van der Waals surface area contributed by atoms with Crippen LogP contribution in [0.5, 0.6) is 0 Å². The van der Waals surface area contributed by atoms with E-state index in [2.05, 4.69) is 9.88 Å². The Labute approximate surface area is 110 Å². The van der Waals surface area contributed by atoms with E-state index in [1.54, 1.807) is 23.1 Å². The van der Waals surface area contributed by atoms with Crippen LogP contribution in [0.15, 0.2) is 9.72 Å². The number of β-amino-alcohol motifs (C(OH)–C–C–N with tert-alkyl or cyclic N) is 1. The molecule has 2 rings (SSSR count). The predicted molar refractivity (Wildman–Crippen MR) is 70.8 cm³/mol. The van der Waals surface area contributed by atoms with Gasteiger partial charge in [0.05, 0.1) is 19.3 Å². The van der Waals surface area contributed by atoms with Crippen LogP contribution in [-0.2, 0) is 4.74 Å². The monoisotopic (exact) mass is 274 g/mol. The molecule has 0 saturated carbocycles. The molecule has 1 fully saturated rings. The predicted octanol–water partition coefficient (Wildman–Crippen LogP) is 1.24. The molecule has 17 heavy (non-hydrogen) atoms. The summed E-state index contributed by atoms with van der Waals surface area (Å²) in [5, 5.41) is 12.0. The number of aliphatic hydroxyl groups excluding tert-OH is 1. The van der Waals surface area contributed by atoms with Crippen molar-refractivity contribution in [2.24, 2.45) is 0 Å². The van der Waals surface area contributed by atoms with Crippen molar-refractivity contribution in [2.45, 2.75) is 17.4 Å². The van der Waals surface area contributed by atoms with Crippen LogP contribution < -0.4 is 0 Å². The van der Waals surface area contributed by atoms with Crippen LogP contribution in [-0.4, -0.2) is 59.7 Å². The van der Waals surface area contributed by atoms with Crippen LogP contribution in [0, 0.1) is 6.92 Å². The maximum Gasteiger partial charge on any atom is 0.150 e. The lowest BCUT2D eigenvalue weighted by Gasteiger charge is -2.28. The zero-order valence-electron chi connectivity index (χ0n) is 9.96. The number of aryl methyl sites for hydroxylation is 1. The van der Waals surface area contributed by atoms with E-state index in [-0.39, 0.29) is 6.10 Å². The van der Waals surface area contributed by atoms with Gasteiger partial charge >= 0.3 is 0 Å². The normalized spacial score (nSPS) is 19.4. The van der Waals surface area contributed by atoms with Gasteiger partial charge in [0.1, 0.15) is 4.34 Å². The van der Waals surface area contributed by atoms with Crippen LogP contribution in [0.3, 0.4) is 0 Å². The van der Waals surface area contributed by atoms with Crippen molar-refractivity contribution in [2.75, 3.05) is 38.6 Å². The van der Waals surface area contributed by atoms with Crippen molar-refractivity contribution in [3.8, 4) is 0 Å². The summed E-state index contributed by atoms with van der Waals surface area (Å²) in [6.07, 6.45) is -0.290. The fourth-order valence-corrected chi connectivity index (χ4v) is 3.49. The van der Waals surface area contributed by atoms with Crippen molar-refractivity contribution >= 4 is 23.1 Å². The minimum Gasteiger partial charge on any atom is -0.391 e. The summed E-state index contributed by atoms with van der Waals surface area (Å²) in [5.74, 6) is 0.713. The molecule has 1 aromatic heterocycles. The van der Waals surface area contributed by atoms with Crippen molar-refractivity contribution < 1.29 is 9.84 Å². The second-order valence-electron chi connectivity index (χ2n) is 4.13. The average molecular weight is 274 g/mol. The van der Waals surface area contributed by atoms with Crippen molar-refractivity contribution in [1.82, 2.24) is 9.88 Å². The van der Waals surface area contributed by atoms with E-state index in [0.29, 0.717) is 5.75 Å². The van der Waals surface area contributed by atoms with Gasteiger partial charge < -0.3 is 9.84 Å². The lowest BCUT2D eigenvalue weighted by atomic mass is 10.3. The number of thioether (sulfide) groups is 1. The van der Waals surface area contributed by atoms with Gasteiger partial charge in [-0.15, -0.1) is 11.3 Å². The molecule has 0 amide bonds. The quantitative estimate of drug-likeness (QED) is 0.819. The minimum absolute atomic E-state index is 0.290. The third kappa shape index (κ3) is 4.56. The number of rotatable bonds is 5. The first-order chi connectivity index (χ1) is 8.24. The number of hydrogen-bond acceptors (Lipinski definition) is 6. The highest BCUT2D eigenvalue weighted by molar-refractivity contribution is 8.01. The Kier molecular flexibility index (Phi) is 5.24. The van der Waals surface area contributed by atoms with Crippen LogP contribution in [0.4, 0.5) is 0 Å². The lowest BCUT2D eigenvalue weighted by molar-refractivity contribution is 0.0188. The van der Waals surface area contributed by atoms with E-state index in [9.17, 15) is 5.11 Å². The second-order valence-corrected chi connectivity index (χ2v) is 6.26. The smallest absolute Gasteiger partial charge is 0.150 e. The van der Waals surface area contributed by atoms with Gasteiger partial charge in [-0.2, -0.15) is 0 Å². The number of aliphatic hydroxyl groups is 1. The molecule has 2 heterocycles. The molecule has 0 bridgehead atoms. The fourth-order valence-electron chi connectivity index (χ4n) is 1.70. The molecule has 0 spiro atoms. The summed E-state index contributed by atoms with van der Waals surface area (Å²) in [5.41, 5.74) is 1.06. The number of morpholine rings is 1. The molecule has 0 aliphatic carbocycles. The zero-order valence-corrected chi connectivity index (χ0v) is 11.6. The second kappa shape index (κ2) is 6.70.